The zero-order chi connectivity index (χ0) is 20.1. The second-order valence-corrected chi connectivity index (χ2v) is 7.65. The maximum Gasteiger partial charge on any atom is 0.227 e. The number of anilines is 1. The molecule has 0 aromatic heterocycles. The number of rotatable bonds is 7. The zero-order valence-electron chi connectivity index (χ0n) is 16.9. The van der Waals surface area contributed by atoms with Gasteiger partial charge < -0.3 is 15.1 Å². The number of hydrogen-bond acceptors (Lipinski definition) is 3. The van der Waals surface area contributed by atoms with Gasteiger partial charge in [0.05, 0.1) is 5.92 Å². The Morgan fingerprint density at radius 2 is 1.79 bits per heavy atom. The number of carbonyl (C=O) groups is 2. The average molecular weight is 380 g/mol. The smallest absolute Gasteiger partial charge is 0.227 e. The first-order valence-electron chi connectivity index (χ1n) is 9.86. The summed E-state index contributed by atoms with van der Waals surface area (Å²) in [6, 6.07) is 16.1. The van der Waals surface area contributed by atoms with Gasteiger partial charge in [0, 0.05) is 31.7 Å². The summed E-state index contributed by atoms with van der Waals surface area (Å²) in [5.41, 5.74) is 4.42. The van der Waals surface area contributed by atoms with E-state index in [9.17, 15) is 9.59 Å². The highest BCUT2D eigenvalue weighted by Crippen LogP contribution is 2.25. The molecule has 1 aliphatic rings. The van der Waals surface area contributed by atoms with E-state index < -0.39 is 0 Å². The number of aryl methyl sites for hydroxylation is 1. The van der Waals surface area contributed by atoms with Gasteiger partial charge in [-0.3, -0.25) is 9.59 Å². The lowest BCUT2D eigenvalue weighted by atomic mass is 10.1. The summed E-state index contributed by atoms with van der Waals surface area (Å²) in [5, 5.41) is 3.03. The van der Waals surface area contributed by atoms with Crippen LogP contribution in [-0.4, -0.2) is 37.4 Å². The van der Waals surface area contributed by atoms with Crippen molar-refractivity contribution >= 4 is 17.5 Å². The zero-order valence-corrected chi connectivity index (χ0v) is 16.9. The number of carbonyl (C=O) groups excluding carboxylic acids is 2. The average Bonchev–Trinajstić information content (AvgIpc) is 3.08. The van der Waals surface area contributed by atoms with Crippen molar-refractivity contribution in [1.29, 1.82) is 0 Å². The Balaban J connectivity index is 1.60. The van der Waals surface area contributed by atoms with E-state index in [4.69, 9.17) is 0 Å². The van der Waals surface area contributed by atoms with E-state index in [0.29, 0.717) is 13.1 Å². The predicted molar refractivity (Wildman–Crippen MR) is 112 cm³/mol. The first-order valence-corrected chi connectivity index (χ1v) is 9.86. The molecule has 3 rings (SSSR count). The standard InChI is InChI=1S/C23H29N3O2/c1-4-17-9-11-21(12-10-17)26-16-20(13-22(26)27)23(28)24-14-18-7-5-6-8-19(18)15-25(2)3/h5-12,20H,4,13-16H2,1-3H3,(H,24,28)/t20-/m0/s1. The molecule has 2 amide bonds. The van der Waals surface area contributed by atoms with Crippen molar-refractivity contribution in [3.8, 4) is 0 Å². The minimum absolute atomic E-state index is 0.0115. The van der Waals surface area contributed by atoms with E-state index in [1.165, 1.54) is 11.1 Å². The van der Waals surface area contributed by atoms with Gasteiger partial charge in [0.1, 0.15) is 0 Å². The molecule has 28 heavy (non-hydrogen) atoms. The summed E-state index contributed by atoms with van der Waals surface area (Å²) in [4.78, 5) is 28.9. The number of amides is 2. The highest BCUT2D eigenvalue weighted by Gasteiger charge is 2.35. The molecule has 1 atom stereocenters. The van der Waals surface area contributed by atoms with Gasteiger partial charge in [-0.05, 0) is 49.3 Å². The van der Waals surface area contributed by atoms with Gasteiger partial charge in [-0.15, -0.1) is 0 Å². The Labute approximate surface area is 167 Å². The molecular weight excluding hydrogens is 350 g/mol. The molecule has 148 valence electrons. The molecule has 2 aromatic rings. The van der Waals surface area contributed by atoms with E-state index in [2.05, 4.69) is 23.2 Å². The van der Waals surface area contributed by atoms with Gasteiger partial charge in [-0.25, -0.2) is 0 Å². The van der Waals surface area contributed by atoms with Crippen LogP contribution >= 0.6 is 0 Å². The van der Waals surface area contributed by atoms with Crippen LogP contribution in [0.4, 0.5) is 5.69 Å². The summed E-state index contributed by atoms with van der Waals surface area (Å²) in [5.74, 6) is -0.350. The SMILES string of the molecule is CCc1ccc(N2C[C@@H](C(=O)NCc3ccccc3CN(C)C)CC2=O)cc1. The number of nitrogens with one attached hydrogen (secondary N) is 1. The molecule has 0 aliphatic carbocycles. The van der Waals surface area contributed by atoms with Gasteiger partial charge >= 0.3 is 0 Å². The Kier molecular flexibility index (Phi) is 6.47. The Hall–Kier alpha value is -2.66. The van der Waals surface area contributed by atoms with Crippen molar-refractivity contribution in [3.05, 3.63) is 65.2 Å². The van der Waals surface area contributed by atoms with Crippen molar-refractivity contribution in [3.63, 3.8) is 0 Å². The fourth-order valence-corrected chi connectivity index (χ4v) is 3.60. The molecule has 1 aliphatic heterocycles. The molecule has 0 unspecified atom stereocenters. The highest BCUT2D eigenvalue weighted by atomic mass is 16.2. The van der Waals surface area contributed by atoms with Crippen LogP contribution in [0.5, 0.6) is 0 Å². The topological polar surface area (TPSA) is 52.7 Å². The third-order valence-electron chi connectivity index (χ3n) is 5.21. The van der Waals surface area contributed by atoms with Crippen LogP contribution in [0.2, 0.25) is 0 Å². The maximum absolute atomic E-state index is 12.7. The van der Waals surface area contributed by atoms with Gasteiger partial charge in [0.15, 0.2) is 0 Å². The monoisotopic (exact) mass is 379 g/mol. The fraction of sp³-hybridized carbons (Fsp3) is 0.391. The molecule has 1 fully saturated rings. The van der Waals surface area contributed by atoms with Crippen LogP contribution in [0.25, 0.3) is 0 Å². The molecule has 5 heteroatoms. The van der Waals surface area contributed by atoms with Gasteiger partial charge in [-0.2, -0.15) is 0 Å². The van der Waals surface area contributed by atoms with Crippen molar-refractivity contribution in [2.45, 2.75) is 32.9 Å². The van der Waals surface area contributed by atoms with Crippen LogP contribution in [0, 0.1) is 5.92 Å². The normalized spacial score (nSPS) is 16.6. The van der Waals surface area contributed by atoms with Crippen LogP contribution in [-0.2, 0) is 29.1 Å². The number of nitrogens with zero attached hydrogens (tertiary/aromatic N) is 2. The molecule has 0 saturated carbocycles. The Morgan fingerprint density at radius 3 is 2.43 bits per heavy atom. The lowest BCUT2D eigenvalue weighted by molar-refractivity contribution is -0.126. The third kappa shape index (κ3) is 4.78. The molecule has 0 radical (unpaired) electrons. The Morgan fingerprint density at radius 1 is 1.11 bits per heavy atom. The van der Waals surface area contributed by atoms with E-state index in [1.807, 2.05) is 56.6 Å². The molecular formula is C23H29N3O2. The predicted octanol–water partition coefficient (Wildman–Crippen LogP) is 2.98. The maximum atomic E-state index is 12.7. The lowest BCUT2D eigenvalue weighted by Crippen LogP contribution is -2.33. The van der Waals surface area contributed by atoms with Gasteiger partial charge in [0.2, 0.25) is 11.8 Å². The minimum Gasteiger partial charge on any atom is -0.352 e. The number of benzene rings is 2. The van der Waals surface area contributed by atoms with Crippen molar-refractivity contribution in [1.82, 2.24) is 10.2 Å². The summed E-state index contributed by atoms with van der Waals surface area (Å²) in [6.07, 6.45) is 1.23. The summed E-state index contributed by atoms with van der Waals surface area (Å²) < 4.78 is 0. The first kappa shape index (κ1) is 20.1. The molecule has 1 heterocycles. The second-order valence-electron chi connectivity index (χ2n) is 7.65. The molecule has 1 saturated heterocycles. The fourth-order valence-electron chi connectivity index (χ4n) is 3.60. The summed E-state index contributed by atoms with van der Waals surface area (Å²) >= 11 is 0. The van der Waals surface area contributed by atoms with Crippen LogP contribution in [0.3, 0.4) is 0 Å². The van der Waals surface area contributed by atoms with Crippen LogP contribution in [0.1, 0.15) is 30.0 Å². The van der Waals surface area contributed by atoms with Crippen molar-refractivity contribution in [2.24, 2.45) is 5.92 Å². The van der Waals surface area contributed by atoms with E-state index in [1.54, 1.807) is 4.90 Å². The molecule has 5 nitrogen and oxygen atoms in total. The quantitative estimate of drug-likeness (QED) is 0.805. The van der Waals surface area contributed by atoms with Gasteiger partial charge in [-0.1, -0.05) is 43.3 Å². The minimum atomic E-state index is -0.306. The largest absolute Gasteiger partial charge is 0.352 e. The molecule has 1 N–H and O–H groups in total. The van der Waals surface area contributed by atoms with Crippen molar-refractivity contribution < 1.29 is 9.59 Å². The Bertz CT molecular complexity index is 830. The molecule has 0 spiro atoms. The summed E-state index contributed by atoms with van der Waals surface area (Å²) in [7, 11) is 4.06. The highest BCUT2D eigenvalue weighted by molar-refractivity contribution is 6.00. The van der Waals surface area contributed by atoms with Crippen LogP contribution < -0.4 is 10.2 Å². The van der Waals surface area contributed by atoms with E-state index in [-0.39, 0.29) is 24.2 Å². The van der Waals surface area contributed by atoms with Gasteiger partial charge in [0.25, 0.3) is 0 Å². The van der Waals surface area contributed by atoms with Crippen molar-refractivity contribution in [2.75, 3.05) is 25.5 Å². The van der Waals surface area contributed by atoms with E-state index >= 15 is 0 Å². The second kappa shape index (κ2) is 9.02. The summed E-state index contributed by atoms with van der Waals surface area (Å²) in [6.45, 7) is 3.86. The molecule has 0 bridgehead atoms. The molecule has 2 aromatic carbocycles. The lowest BCUT2D eigenvalue weighted by Gasteiger charge is -2.18. The third-order valence-corrected chi connectivity index (χ3v) is 5.21. The number of hydrogen-bond donors (Lipinski definition) is 1. The first-order chi connectivity index (χ1) is 13.5. The van der Waals surface area contributed by atoms with Crippen LogP contribution in [0.15, 0.2) is 48.5 Å². The van der Waals surface area contributed by atoms with E-state index in [0.717, 1.165) is 24.2 Å².